The van der Waals surface area contributed by atoms with Crippen molar-refractivity contribution in [1.29, 1.82) is 5.26 Å². The van der Waals surface area contributed by atoms with Gasteiger partial charge in [0.05, 0.1) is 45.0 Å². The third-order valence-corrected chi connectivity index (χ3v) is 7.50. The van der Waals surface area contributed by atoms with Crippen LogP contribution < -0.4 is 0 Å². The molecule has 0 aliphatic carbocycles. The van der Waals surface area contributed by atoms with Crippen LogP contribution in [-0.2, 0) is 32.1 Å². The first-order valence-corrected chi connectivity index (χ1v) is 13.1. The van der Waals surface area contributed by atoms with Crippen molar-refractivity contribution >= 4 is 24.0 Å². The monoisotopic (exact) mass is 490 g/mol. The van der Waals surface area contributed by atoms with Crippen LogP contribution in [0.3, 0.4) is 0 Å². The van der Waals surface area contributed by atoms with Crippen LogP contribution in [0.25, 0.3) is 0 Å². The van der Waals surface area contributed by atoms with E-state index in [0.29, 0.717) is 6.61 Å². The molecule has 0 rings (SSSR count). The molecule has 9 nitrogen and oxygen atoms in total. The molecule has 3 atom stereocenters. The zero-order chi connectivity index (χ0) is 24.6. The molecule has 12 heteroatoms. The maximum Gasteiger partial charge on any atom is 0.353 e. The summed E-state index contributed by atoms with van der Waals surface area (Å²) in [6.45, 7) is 12.5. The minimum Gasteiger partial charge on any atom is -0.376 e. The topological polar surface area (TPSA) is 99.5 Å². The average Bonchev–Trinajstić information content (AvgIpc) is 2.74. The predicted octanol–water partition coefficient (Wildman–Crippen LogP) is 4.36. The Balaban J connectivity index is 5.45. The second kappa shape index (κ2) is 17.8. The minimum atomic E-state index is -3.40. The first-order chi connectivity index (χ1) is 15.1. The number of hydrogen-bond acceptors (Lipinski definition) is 9. The van der Waals surface area contributed by atoms with Crippen LogP contribution in [0.15, 0.2) is 24.5 Å². The number of hydrogen-bond donors (Lipinski definition) is 0. The molecule has 182 valence electrons. The van der Waals surface area contributed by atoms with Crippen molar-refractivity contribution in [2.24, 2.45) is 0 Å². The van der Waals surface area contributed by atoms with Gasteiger partial charge in [-0.15, -0.1) is 6.58 Å². The standard InChI is InChI=1S/C20H37BN2O7P2/c1-8-12-27-16-20(21)30-19(10-14-32(24,25-6)26-7)15-29-31(28-13-9-11-22)23(17(2)3)18(4)5/h8,10,14,17-20H,1,9,12-13,15-16H2,2-7H3/b14-10+. The van der Waals surface area contributed by atoms with Gasteiger partial charge in [-0.05, 0) is 33.8 Å². The van der Waals surface area contributed by atoms with Gasteiger partial charge in [0.25, 0.3) is 8.53 Å². The van der Waals surface area contributed by atoms with E-state index in [-0.39, 0.29) is 38.3 Å². The van der Waals surface area contributed by atoms with Crippen LogP contribution in [0.2, 0.25) is 0 Å². The summed E-state index contributed by atoms with van der Waals surface area (Å²) in [7, 11) is 3.71. The molecule has 32 heavy (non-hydrogen) atoms. The van der Waals surface area contributed by atoms with Crippen LogP contribution in [0.4, 0.5) is 0 Å². The number of ether oxygens (including phenoxy) is 2. The molecule has 0 saturated carbocycles. The van der Waals surface area contributed by atoms with E-state index in [9.17, 15) is 4.57 Å². The summed E-state index contributed by atoms with van der Waals surface area (Å²) in [4.78, 5) is 0. The molecule has 0 saturated heterocycles. The molecular weight excluding hydrogens is 453 g/mol. The van der Waals surface area contributed by atoms with Gasteiger partial charge < -0.3 is 27.6 Å². The Morgan fingerprint density at radius 3 is 2.28 bits per heavy atom. The summed E-state index contributed by atoms with van der Waals surface area (Å²) in [6, 6.07) is 1.61. The molecular formula is C20H37BN2O7P2. The van der Waals surface area contributed by atoms with E-state index in [4.69, 9.17) is 40.7 Å². The van der Waals surface area contributed by atoms with E-state index >= 15 is 0 Å². The van der Waals surface area contributed by atoms with Gasteiger partial charge >= 0.3 is 7.60 Å². The fraction of sp³-hybridized carbons (Fsp3) is 0.750. The molecule has 3 unspecified atom stereocenters. The molecule has 0 aromatic heterocycles. The molecule has 0 aromatic rings. The SMILES string of the molecule is [B]C(COCC=C)OC(/C=C/P(=O)(OC)OC)COP(OCCC#N)N(C(C)C)C(C)C. The Morgan fingerprint density at radius 1 is 1.16 bits per heavy atom. The van der Waals surface area contributed by atoms with Crippen molar-refractivity contribution in [3.8, 4) is 6.07 Å². The summed E-state index contributed by atoms with van der Waals surface area (Å²) < 4.78 is 47.5. The molecule has 0 bridgehead atoms. The van der Waals surface area contributed by atoms with Gasteiger partial charge in [-0.1, -0.05) is 6.08 Å². The lowest BCUT2D eigenvalue weighted by Crippen LogP contribution is -2.35. The second-order valence-electron chi connectivity index (χ2n) is 7.13. The Labute approximate surface area is 195 Å². The summed E-state index contributed by atoms with van der Waals surface area (Å²) >= 11 is 0. The number of nitriles is 1. The summed E-state index contributed by atoms with van der Waals surface area (Å²) in [5, 5.41) is 8.85. The molecule has 0 aliphatic heterocycles. The quantitative estimate of drug-likeness (QED) is 0.113. The third kappa shape index (κ3) is 13.2. The smallest absolute Gasteiger partial charge is 0.353 e. The number of nitrogens with zero attached hydrogens (tertiary/aromatic N) is 2. The van der Waals surface area contributed by atoms with Gasteiger partial charge in [-0.25, -0.2) is 4.67 Å². The maximum absolute atomic E-state index is 12.4. The molecule has 0 aromatic carbocycles. The summed E-state index contributed by atoms with van der Waals surface area (Å²) in [5.74, 6) is 1.31. The fourth-order valence-corrected chi connectivity index (χ4v) is 4.93. The molecule has 0 spiro atoms. The Morgan fingerprint density at radius 2 is 1.78 bits per heavy atom. The van der Waals surface area contributed by atoms with Gasteiger partial charge in [0.15, 0.2) is 0 Å². The highest BCUT2D eigenvalue weighted by atomic mass is 31.2. The van der Waals surface area contributed by atoms with Crippen molar-refractivity contribution in [3.63, 3.8) is 0 Å². The summed E-state index contributed by atoms with van der Waals surface area (Å²) in [5.41, 5.74) is 0. The Bertz CT molecular complexity index is 616. The van der Waals surface area contributed by atoms with Crippen LogP contribution in [0, 0.1) is 11.3 Å². The van der Waals surface area contributed by atoms with Crippen molar-refractivity contribution in [3.05, 3.63) is 24.5 Å². The van der Waals surface area contributed by atoms with E-state index in [1.807, 2.05) is 27.7 Å². The van der Waals surface area contributed by atoms with Crippen molar-refractivity contribution in [2.45, 2.75) is 58.3 Å². The van der Waals surface area contributed by atoms with Gasteiger partial charge in [-0.2, -0.15) is 5.26 Å². The van der Waals surface area contributed by atoms with Crippen molar-refractivity contribution < 1.29 is 32.1 Å². The second-order valence-corrected chi connectivity index (χ2v) is 10.7. The van der Waals surface area contributed by atoms with E-state index in [1.54, 1.807) is 6.08 Å². The Hall–Kier alpha value is -0.585. The normalized spacial score (nSPS) is 15.4. The Kier molecular flexibility index (Phi) is 17.5. The van der Waals surface area contributed by atoms with Gasteiger partial charge in [-0.3, -0.25) is 4.57 Å². The van der Waals surface area contributed by atoms with E-state index in [2.05, 4.69) is 17.3 Å². The zero-order valence-corrected chi connectivity index (χ0v) is 21.8. The highest BCUT2D eigenvalue weighted by Crippen LogP contribution is 2.49. The van der Waals surface area contributed by atoms with Crippen LogP contribution >= 0.6 is 16.1 Å². The molecule has 0 amide bonds. The van der Waals surface area contributed by atoms with E-state index in [1.165, 1.54) is 26.1 Å². The van der Waals surface area contributed by atoms with Gasteiger partial charge in [0.1, 0.15) is 7.85 Å². The fourth-order valence-electron chi connectivity index (χ4n) is 2.52. The number of rotatable bonds is 19. The van der Waals surface area contributed by atoms with Crippen LogP contribution in [0.5, 0.6) is 0 Å². The lowest BCUT2D eigenvalue weighted by atomic mass is 10.0. The molecule has 0 aliphatic rings. The molecule has 0 heterocycles. The van der Waals surface area contributed by atoms with Crippen LogP contribution in [-0.4, -0.2) is 77.4 Å². The first-order valence-electron chi connectivity index (χ1n) is 10.3. The lowest BCUT2D eigenvalue weighted by Gasteiger charge is -2.36. The predicted molar refractivity (Wildman–Crippen MR) is 127 cm³/mol. The largest absolute Gasteiger partial charge is 0.376 e. The van der Waals surface area contributed by atoms with Crippen molar-refractivity contribution in [2.75, 3.05) is 40.6 Å². The summed E-state index contributed by atoms with van der Waals surface area (Å²) in [6.07, 6.45) is 2.71. The molecule has 0 fully saturated rings. The average molecular weight is 490 g/mol. The molecule has 2 radical (unpaired) electrons. The highest BCUT2D eigenvalue weighted by molar-refractivity contribution is 7.57. The lowest BCUT2D eigenvalue weighted by molar-refractivity contribution is -0.0126. The van der Waals surface area contributed by atoms with Gasteiger partial charge in [0.2, 0.25) is 0 Å². The van der Waals surface area contributed by atoms with Crippen molar-refractivity contribution in [1.82, 2.24) is 4.67 Å². The van der Waals surface area contributed by atoms with Gasteiger partial charge in [0, 0.05) is 38.1 Å². The van der Waals surface area contributed by atoms with Crippen LogP contribution in [0.1, 0.15) is 34.1 Å². The zero-order valence-electron chi connectivity index (χ0n) is 20.0. The minimum absolute atomic E-state index is 0.0628. The van der Waals surface area contributed by atoms with E-state index in [0.717, 1.165) is 0 Å². The first kappa shape index (κ1) is 31.4. The third-order valence-electron chi connectivity index (χ3n) is 3.87. The molecule has 0 N–H and O–H groups in total. The maximum atomic E-state index is 12.4. The highest BCUT2D eigenvalue weighted by Gasteiger charge is 2.28. The van der Waals surface area contributed by atoms with E-state index < -0.39 is 28.2 Å².